The van der Waals surface area contributed by atoms with Gasteiger partial charge in [-0.25, -0.2) is 28.3 Å². The van der Waals surface area contributed by atoms with E-state index in [-0.39, 0.29) is 53.5 Å². The molecule has 79 heavy (non-hydrogen) atoms. The molecule has 0 spiro atoms. The lowest BCUT2D eigenvalue weighted by Crippen LogP contribution is -2.52. The van der Waals surface area contributed by atoms with Gasteiger partial charge in [0.15, 0.2) is 11.6 Å². The number of amides is 4. The Balaban J connectivity index is 0.966. The van der Waals surface area contributed by atoms with Crippen molar-refractivity contribution in [1.82, 2.24) is 40.4 Å². The van der Waals surface area contributed by atoms with E-state index in [4.69, 9.17) is 19.4 Å². The Bertz CT molecular complexity index is 2960. The predicted octanol–water partition coefficient (Wildman–Crippen LogP) is 11.8. The summed E-state index contributed by atoms with van der Waals surface area (Å²) < 4.78 is 43.7. The number of rotatable bonds is 17. The van der Waals surface area contributed by atoms with E-state index in [1.54, 1.807) is 0 Å². The zero-order valence-corrected chi connectivity index (χ0v) is 46.4. The molecule has 4 aliphatic rings. The van der Waals surface area contributed by atoms with Crippen LogP contribution in [0.3, 0.4) is 0 Å². The lowest BCUT2D eigenvalue weighted by Gasteiger charge is -2.36. The molecule has 4 fully saturated rings. The van der Waals surface area contributed by atoms with Gasteiger partial charge in [0.25, 0.3) is 0 Å². The van der Waals surface area contributed by atoms with Gasteiger partial charge in [0, 0.05) is 31.9 Å². The number of hydrogen-bond acceptors (Lipinski definition) is 10. The number of likely N-dealkylation sites (tertiary alicyclic amines) is 2. The quantitative estimate of drug-likeness (QED) is 0.0686. The zero-order chi connectivity index (χ0) is 55.5. The first kappa shape index (κ1) is 55.1. The summed E-state index contributed by atoms with van der Waals surface area (Å²) in [4.78, 5) is 78.5. The largest absolute Gasteiger partial charge is 0.453 e. The van der Waals surface area contributed by atoms with Crippen molar-refractivity contribution < 1.29 is 37.4 Å². The van der Waals surface area contributed by atoms with Gasteiger partial charge in [-0.15, -0.1) is 0 Å². The Hall–Kier alpha value is -7.24. The van der Waals surface area contributed by atoms with Gasteiger partial charge in [0.2, 0.25) is 11.8 Å². The van der Waals surface area contributed by atoms with Crippen LogP contribution in [0.25, 0.3) is 22.1 Å². The molecule has 420 valence electrons. The molecule has 0 radical (unpaired) electrons. The zero-order valence-electron chi connectivity index (χ0n) is 46.4. The van der Waals surface area contributed by atoms with Crippen molar-refractivity contribution >= 4 is 57.4 Å². The Morgan fingerprint density at radius 2 is 1.04 bits per heavy atom. The van der Waals surface area contributed by atoms with Gasteiger partial charge in [0.1, 0.15) is 29.4 Å². The molecule has 18 heteroatoms. The molecule has 2 unspecified atom stereocenters. The number of H-pyrrole nitrogens is 2. The van der Waals surface area contributed by atoms with E-state index in [2.05, 4.69) is 49.8 Å². The van der Waals surface area contributed by atoms with Crippen molar-refractivity contribution in [1.29, 1.82) is 0 Å². The molecule has 0 bridgehead atoms. The van der Waals surface area contributed by atoms with Crippen LogP contribution in [0.1, 0.15) is 163 Å². The second-order valence-electron chi connectivity index (χ2n) is 22.0. The lowest BCUT2D eigenvalue weighted by atomic mass is 9.89. The van der Waals surface area contributed by atoms with E-state index in [0.29, 0.717) is 112 Å². The summed E-state index contributed by atoms with van der Waals surface area (Å²) in [6, 6.07) is 22.8. The summed E-state index contributed by atoms with van der Waals surface area (Å²) >= 11 is 0. The first-order valence-corrected chi connectivity index (χ1v) is 28.7. The summed E-state index contributed by atoms with van der Waals surface area (Å²) in [6.45, 7) is 10.2. The van der Waals surface area contributed by atoms with Crippen LogP contribution in [0.2, 0.25) is 0 Å². The number of imidazole rings is 2. The topological polar surface area (TPSA) is 181 Å². The van der Waals surface area contributed by atoms with E-state index < -0.39 is 35.9 Å². The monoisotopic (exact) mass is 1080 g/mol. The number of aromatic nitrogens is 4. The maximum absolute atomic E-state index is 16.9. The van der Waals surface area contributed by atoms with Gasteiger partial charge in [-0.3, -0.25) is 9.59 Å². The van der Waals surface area contributed by atoms with Crippen LogP contribution in [0.5, 0.6) is 0 Å². The van der Waals surface area contributed by atoms with Crippen LogP contribution >= 0.6 is 0 Å². The molecule has 4 amide bonds. The van der Waals surface area contributed by atoms with Gasteiger partial charge >= 0.3 is 12.2 Å². The normalized spacial score (nSPS) is 20.7. The van der Waals surface area contributed by atoms with Crippen LogP contribution in [0.15, 0.2) is 78.9 Å². The number of anilines is 2. The summed E-state index contributed by atoms with van der Waals surface area (Å²) in [5.74, 6) is -0.0353. The first-order valence-electron chi connectivity index (χ1n) is 28.7. The molecule has 0 aliphatic carbocycles. The summed E-state index contributed by atoms with van der Waals surface area (Å²) in [5.41, 5.74) is 6.55. The first-order chi connectivity index (χ1) is 38.4. The number of methoxy groups -OCH3 is 2. The molecular formula is C61H76F2N10O6. The second kappa shape index (κ2) is 24.0. The minimum Gasteiger partial charge on any atom is -0.453 e. The lowest BCUT2D eigenvalue weighted by molar-refractivity contribution is -0.136. The van der Waals surface area contributed by atoms with Crippen LogP contribution < -0.4 is 20.4 Å². The van der Waals surface area contributed by atoms with Gasteiger partial charge in [-0.1, -0.05) is 95.8 Å². The van der Waals surface area contributed by atoms with Crippen molar-refractivity contribution in [2.24, 2.45) is 11.8 Å². The van der Waals surface area contributed by atoms with Crippen molar-refractivity contribution in [2.45, 2.75) is 147 Å². The van der Waals surface area contributed by atoms with Crippen molar-refractivity contribution in [2.75, 3.05) is 50.2 Å². The average molecular weight is 1080 g/mol. The molecule has 4 saturated heterocycles. The highest BCUT2D eigenvalue weighted by Gasteiger charge is 2.42. The Morgan fingerprint density at radius 3 is 1.47 bits per heavy atom. The predicted molar refractivity (Wildman–Crippen MR) is 301 cm³/mol. The van der Waals surface area contributed by atoms with E-state index in [0.717, 1.165) is 47.8 Å². The SMILES string of the molecule is CCC(CC)C(NC(=O)OC)C(=O)N1CCC[C@H]1c1nc2cc([C@H]3CC[C@H](c4ccc5[nH]c([C@@H]6CCCN6C(=O)C(NC(=O)OC)C(CC)CC)nc5c4)N3c3cc(F)c(N4CCC(c5ccccc5)CC4)c(F)c3)ccc2[nH]1. The summed E-state index contributed by atoms with van der Waals surface area (Å²) in [7, 11) is 2.59. The highest BCUT2D eigenvalue weighted by molar-refractivity contribution is 5.88. The third kappa shape index (κ3) is 11.1. The molecule has 16 nitrogen and oxygen atoms in total. The molecular weight excluding hydrogens is 1010 g/mol. The number of nitrogens with one attached hydrogen (secondary N) is 4. The maximum Gasteiger partial charge on any atom is 0.407 e. The van der Waals surface area contributed by atoms with Gasteiger partial charge in [0.05, 0.1) is 60.5 Å². The summed E-state index contributed by atoms with van der Waals surface area (Å²) in [5, 5.41) is 5.65. The number of hydrogen-bond donors (Lipinski definition) is 4. The fourth-order valence-corrected chi connectivity index (χ4v) is 13.4. The molecule has 6 aromatic rings. The molecule has 0 saturated carbocycles. The minimum atomic E-state index is -0.740. The Labute approximate surface area is 461 Å². The number of halogens is 2. The molecule has 4 N–H and O–H groups in total. The van der Waals surface area contributed by atoms with Gasteiger partial charge < -0.3 is 49.7 Å². The number of nitrogens with zero attached hydrogens (tertiary/aromatic N) is 6. The van der Waals surface area contributed by atoms with Gasteiger partial charge in [-0.2, -0.15) is 0 Å². The minimum absolute atomic E-state index is 0.00278. The van der Waals surface area contributed by atoms with Crippen molar-refractivity contribution in [3.63, 3.8) is 0 Å². The highest BCUT2D eigenvalue weighted by atomic mass is 19.1. The fraction of sp³-hybridized carbons (Fsp3) is 0.508. The Morgan fingerprint density at radius 1 is 0.582 bits per heavy atom. The molecule has 6 heterocycles. The highest BCUT2D eigenvalue weighted by Crippen LogP contribution is 2.49. The number of ether oxygens (including phenoxy) is 2. The number of fused-ring (bicyclic) bond motifs is 2. The van der Waals surface area contributed by atoms with E-state index in [1.807, 2.05) is 84.9 Å². The number of carbonyl (C=O) groups is 4. The number of aromatic amines is 2. The third-order valence-corrected chi connectivity index (χ3v) is 17.8. The number of alkyl carbamates (subject to hydrolysis) is 2. The second-order valence-corrected chi connectivity index (χ2v) is 22.0. The smallest absolute Gasteiger partial charge is 0.407 e. The maximum atomic E-state index is 16.9. The van der Waals surface area contributed by atoms with Crippen LogP contribution in [0, 0.1) is 23.5 Å². The molecule has 4 aliphatic heterocycles. The standard InChI is InChI=1S/C61H76F2N10O6/c1-7-36(8-2)53(68-60(76)78-5)58(74)71-28-14-18-51(71)56-64-45-22-20-40(32-47(45)66-56)49-24-25-50(73(49)42-34-43(62)55(44(63)35-42)70-30-26-39(27-31-70)38-16-12-11-13-17-38)41-21-23-46-48(33-41)67-57(65-46)52-19-15-29-72(52)59(75)54(37(9-3)10-4)69-61(77)79-6/h11-13,16-17,20-23,32-37,39,49-54H,7-10,14-15,18-19,24-31H2,1-6H3,(H,64,66)(H,65,67)(H,68,76)(H,69,77)/t49-,50-,51+,52+,53?,54?/m1/s1. The van der Waals surface area contributed by atoms with E-state index >= 15 is 8.78 Å². The molecule has 6 atom stereocenters. The van der Waals surface area contributed by atoms with E-state index in [1.165, 1.54) is 31.9 Å². The number of carbonyl (C=O) groups excluding carboxylic acids is 4. The molecule has 10 rings (SSSR count). The third-order valence-electron chi connectivity index (χ3n) is 17.8. The number of piperidine rings is 1. The summed E-state index contributed by atoms with van der Waals surface area (Å²) in [6.07, 6.45) is 7.42. The van der Waals surface area contributed by atoms with Crippen LogP contribution in [-0.4, -0.2) is 106 Å². The van der Waals surface area contributed by atoms with Crippen LogP contribution in [-0.2, 0) is 19.1 Å². The molecule has 4 aromatic carbocycles. The van der Waals surface area contributed by atoms with Gasteiger partial charge in [-0.05, 0) is 122 Å². The molecule has 2 aromatic heterocycles. The van der Waals surface area contributed by atoms with Crippen LogP contribution in [0.4, 0.5) is 29.7 Å². The Kier molecular flexibility index (Phi) is 16.7. The average Bonchev–Trinajstić information content (AvgIpc) is 4.53. The fourth-order valence-electron chi connectivity index (χ4n) is 13.4. The van der Waals surface area contributed by atoms with Crippen molar-refractivity contribution in [3.05, 3.63) is 119 Å². The number of benzene rings is 4. The van der Waals surface area contributed by atoms with Crippen molar-refractivity contribution in [3.8, 4) is 0 Å². The van der Waals surface area contributed by atoms with E-state index in [9.17, 15) is 19.2 Å².